The Morgan fingerprint density at radius 1 is 0.917 bits per heavy atom. The minimum Gasteiger partial charge on any atom is -0.439 e. The molecule has 4 nitrogen and oxygen atoms in total. The van der Waals surface area contributed by atoms with Crippen LogP contribution in [0.25, 0.3) is 11.3 Å². The van der Waals surface area contributed by atoms with E-state index in [1.165, 1.54) is 5.56 Å². The molecule has 4 heteroatoms. The number of aromatic nitrogens is 1. The zero-order valence-electron chi connectivity index (χ0n) is 13.6. The molecule has 1 heterocycles. The van der Waals surface area contributed by atoms with Gasteiger partial charge in [-0.05, 0) is 12.0 Å². The molecule has 1 aromatic heterocycles. The molecule has 1 N–H and O–H groups in total. The molecule has 0 spiro atoms. The summed E-state index contributed by atoms with van der Waals surface area (Å²) in [4.78, 5) is 6.54. The van der Waals surface area contributed by atoms with E-state index in [-0.39, 0.29) is 6.61 Å². The molecular formula is C20H22N2O2. The van der Waals surface area contributed by atoms with Crippen molar-refractivity contribution in [1.82, 2.24) is 9.88 Å². The summed E-state index contributed by atoms with van der Waals surface area (Å²) in [5.41, 5.74) is 2.31. The molecule has 0 aliphatic heterocycles. The molecule has 0 atom stereocenters. The molecule has 0 radical (unpaired) electrons. The standard InChI is InChI=1S/C20H22N2O2/c23-14-13-22(12-11-17-7-3-1-4-8-17)16-20-21-15-19(24-20)18-9-5-2-6-10-18/h1-10,15,23H,11-14,16H2. The molecule has 0 saturated heterocycles. The van der Waals surface area contributed by atoms with Gasteiger partial charge in [-0.1, -0.05) is 60.7 Å². The number of hydrogen-bond acceptors (Lipinski definition) is 4. The summed E-state index contributed by atoms with van der Waals surface area (Å²) < 4.78 is 5.86. The van der Waals surface area contributed by atoms with E-state index in [1.54, 1.807) is 6.20 Å². The molecule has 0 fully saturated rings. The second-order valence-corrected chi connectivity index (χ2v) is 5.72. The van der Waals surface area contributed by atoms with Crippen LogP contribution in [0, 0.1) is 0 Å². The van der Waals surface area contributed by atoms with E-state index in [4.69, 9.17) is 4.42 Å². The van der Waals surface area contributed by atoms with Gasteiger partial charge < -0.3 is 9.52 Å². The molecule has 24 heavy (non-hydrogen) atoms. The smallest absolute Gasteiger partial charge is 0.209 e. The zero-order chi connectivity index (χ0) is 16.6. The fourth-order valence-electron chi connectivity index (χ4n) is 2.65. The van der Waals surface area contributed by atoms with Crippen LogP contribution in [0.5, 0.6) is 0 Å². The highest BCUT2D eigenvalue weighted by molar-refractivity contribution is 5.55. The summed E-state index contributed by atoms with van der Waals surface area (Å²) in [7, 11) is 0. The summed E-state index contributed by atoms with van der Waals surface area (Å²) in [6.45, 7) is 2.19. The minimum atomic E-state index is 0.126. The van der Waals surface area contributed by atoms with Crippen LogP contribution in [0.1, 0.15) is 11.5 Å². The van der Waals surface area contributed by atoms with Crippen LogP contribution in [0.2, 0.25) is 0 Å². The van der Waals surface area contributed by atoms with E-state index in [0.29, 0.717) is 19.0 Å². The minimum absolute atomic E-state index is 0.126. The van der Waals surface area contributed by atoms with Gasteiger partial charge in [0.15, 0.2) is 5.76 Å². The first-order valence-electron chi connectivity index (χ1n) is 8.22. The number of nitrogens with zero attached hydrogens (tertiary/aromatic N) is 2. The molecule has 2 aromatic carbocycles. The van der Waals surface area contributed by atoms with Crippen LogP contribution in [-0.2, 0) is 13.0 Å². The summed E-state index contributed by atoms with van der Waals surface area (Å²) in [6, 6.07) is 20.3. The van der Waals surface area contributed by atoms with Crippen molar-refractivity contribution >= 4 is 0 Å². The maximum absolute atomic E-state index is 9.30. The van der Waals surface area contributed by atoms with Gasteiger partial charge in [-0.3, -0.25) is 4.90 Å². The fraction of sp³-hybridized carbons (Fsp3) is 0.250. The van der Waals surface area contributed by atoms with Gasteiger partial charge in [0, 0.05) is 18.7 Å². The van der Waals surface area contributed by atoms with E-state index in [0.717, 1.165) is 24.3 Å². The van der Waals surface area contributed by atoms with Crippen molar-refractivity contribution in [3.05, 3.63) is 78.3 Å². The molecule has 0 bridgehead atoms. The van der Waals surface area contributed by atoms with Gasteiger partial charge in [0.25, 0.3) is 0 Å². The van der Waals surface area contributed by atoms with Crippen molar-refractivity contribution < 1.29 is 9.52 Å². The van der Waals surface area contributed by atoms with Crippen molar-refractivity contribution in [3.8, 4) is 11.3 Å². The number of rotatable bonds is 8. The third kappa shape index (κ3) is 4.54. The molecule has 0 amide bonds. The first kappa shape index (κ1) is 16.4. The van der Waals surface area contributed by atoms with E-state index < -0.39 is 0 Å². The first-order chi connectivity index (χ1) is 11.8. The van der Waals surface area contributed by atoms with Crippen molar-refractivity contribution in [3.63, 3.8) is 0 Å². The molecule has 0 unspecified atom stereocenters. The van der Waals surface area contributed by atoms with Crippen molar-refractivity contribution in [2.24, 2.45) is 0 Å². The Morgan fingerprint density at radius 2 is 1.62 bits per heavy atom. The predicted octanol–water partition coefficient (Wildman–Crippen LogP) is 3.38. The Kier molecular flexibility index (Phi) is 5.77. The molecule has 0 saturated carbocycles. The third-order valence-electron chi connectivity index (χ3n) is 3.95. The lowest BCUT2D eigenvalue weighted by molar-refractivity contribution is 0.180. The van der Waals surface area contributed by atoms with E-state index in [2.05, 4.69) is 22.0 Å². The van der Waals surface area contributed by atoms with Crippen molar-refractivity contribution in [2.45, 2.75) is 13.0 Å². The second-order valence-electron chi connectivity index (χ2n) is 5.72. The van der Waals surface area contributed by atoms with Crippen molar-refractivity contribution in [1.29, 1.82) is 0 Å². The number of aliphatic hydroxyl groups is 1. The van der Waals surface area contributed by atoms with Gasteiger partial charge in [0.2, 0.25) is 5.89 Å². The number of hydrogen-bond donors (Lipinski definition) is 1. The largest absolute Gasteiger partial charge is 0.439 e. The average molecular weight is 322 g/mol. The molecule has 0 aliphatic rings. The highest BCUT2D eigenvalue weighted by atomic mass is 16.4. The third-order valence-corrected chi connectivity index (χ3v) is 3.95. The Labute approximate surface area is 142 Å². The maximum Gasteiger partial charge on any atom is 0.209 e. The van der Waals surface area contributed by atoms with Crippen LogP contribution in [0.3, 0.4) is 0 Å². The molecular weight excluding hydrogens is 300 g/mol. The fourth-order valence-corrected chi connectivity index (χ4v) is 2.65. The van der Waals surface area contributed by atoms with E-state index in [9.17, 15) is 5.11 Å². The lowest BCUT2D eigenvalue weighted by atomic mass is 10.1. The summed E-state index contributed by atoms with van der Waals surface area (Å²) in [6.07, 6.45) is 2.70. The summed E-state index contributed by atoms with van der Waals surface area (Å²) in [5.74, 6) is 1.45. The number of aliphatic hydroxyl groups excluding tert-OH is 1. The number of oxazole rings is 1. The van der Waals surface area contributed by atoms with Crippen LogP contribution in [0.4, 0.5) is 0 Å². The van der Waals surface area contributed by atoms with Gasteiger partial charge in [-0.15, -0.1) is 0 Å². The predicted molar refractivity (Wildman–Crippen MR) is 94.4 cm³/mol. The van der Waals surface area contributed by atoms with E-state index in [1.807, 2.05) is 48.5 Å². The molecule has 3 aromatic rings. The van der Waals surface area contributed by atoms with Gasteiger partial charge >= 0.3 is 0 Å². The highest BCUT2D eigenvalue weighted by Crippen LogP contribution is 2.20. The topological polar surface area (TPSA) is 49.5 Å². The van der Waals surface area contributed by atoms with Gasteiger partial charge in [-0.2, -0.15) is 0 Å². The quantitative estimate of drug-likeness (QED) is 0.691. The Hall–Kier alpha value is -2.43. The van der Waals surface area contributed by atoms with E-state index >= 15 is 0 Å². The molecule has 124 valence electrons. The van der Waals surface area contributed by atoms with Gasteiger partial charge in [-0.25, -0.2) is 4.98 Å². The van der Waals surface area contributed by atoms with Gasteiger partial charge in [0.05, 0.1) is 19.3 Å². The lowest BCUT2D eigenvalue weighted by Crippen LogP contribution is -2.28. The van der Waals surface area contributed by atoms with Crippen LogP contribution < -0.4 is 0 Å². The normalized spacial score (nSPS) is 11.1. The van der Waals surface area contributed by atoms with Gasteiger partial charge in [0.1, 0.15) is 0 Å². The Morgan fingerprint density at radius 3 is 2.33 bits per heavy atom. The SMILES string of the molecule is OCCN(CCc1ccccc1)Cc1ncc(-c2ccccc2)o1. The summed E-state index contributed by atoms with van der Waals surface area (Å²) >= 11 is 0. The lowest BCUT2D eigenvalue weighted by Gasteiger charge is -2.19. The molecule has 0 aliphatic carbocycles. The molecule has 3 rings (SSSR count). The van der Waals surface area contributed by atoms with Crippen molar-refractivity contribution in [2.75, 3.05) is 19.7 Å². The van der Waals surface area contributed by atoms with Crippen LogP contribution in [0.15, 0.2) is 71.3 Å². The maximum atomic E-state index is 9.30. The van der Waals surface area contributed by atoms with Crippen LogP contribution in [-0.4, -0.2) is 34.7 Å². The monoisotopic (exact) mass is 322 g/mol. The number of benzene rings is 2. The Balaban J connectivity index is 1.62. The Bertz CT molecular complexity index is 726. The summed E-state index contributed by atoms with van der Waals surface area (Å²) in [5, 5.41) is 9.30. The highest BCUT2D eigenvalue weighted by Gasteiger charge is 2.11. The first-order valence-corrected chi connectivity index (χ1v) is 8.22. The average Bonchev–Trinajstić information content (AvgIpc) is 3.10. The zero-order valence-corrected chi connectivity index (χ0v) is 13.6. The van der Waals surface area contributed by atoms with Crippen LogP contribution >= 0.6 is 0 Å². The second kappa shape index (κ2) is 8.43.